The monoisotopic (exact) mass is 331 g/mol. The quantitative estimate of drug-likeness (QED) is 0.629. The van der Waals surface area contributed by atoms with E-state index in [0.29, 0.717) is 17.5 Å². The summed E-state index contributed by atoms with van der Waals surface area (Å²) in [5.74, 6) is -0.860. The maximum Gasteiger partial charge on any atom is 0.356 e. The summed E-state index contributed by atoms with van der Waals surface area (Å²) in [6.45, 7) is 5.16. The van der Waals surface area contributed by atoms with Crippen LogP contribution in [0.2, 0.25) is 5.02 Å². The van der Waals surface area contributed by atoms with Gasteiger partial charge in [-0.25, -0.2) is 9.78 Å². The van der Waals surface area contributed by atoms with Crippen molar-refractivity contribution in [1.29, 1.82) is 0 Å². The molecule has 0 unspecified atom stereocenters. The maximum absolute atomic E-state index is 12.1. The molecule has 2 rings (SSSR count). The third-order valence-corrected chi connectivity index (χ3v) is 4.30. The van der Waals surface area contributed by atoms with Gasteiger partial charge in [0.2, 0.25) is 0 Å². The first-order valence-electron chi connectivity index (χ1n) is 7.19. The lowest BCUT2D eigenvalue weighted by molar-refractivity contribution is 0.0592. The van der Waals surface area contributed by atoms with Crippen LogP contribution in [-0.4, -0.2) is 23.8 Å². The highest BCUT2D eigenvalue weighted by Gasteiger charge is 2.23. The number of carbonyl (C=O) groups excluding carboxylic acids is 2. The topological polar surface area (TPSA) is 56.3 Å². The van der Waals surface area contributed by atoms with Crippen LogP contribution in [0.25, 0.3) is 0 Å². The van der Waals surface area contributed by atoms with E-state index in [1.165, 1.54) is 14.0 Å². The zero-order valence-corrected chi connectivity index (χ0v) is 14.3. The minimum absolute atomic E-state index is 0.0955. The first kappa shape index (κ1) is 17.2. The number of esters is 1. The molecule has 120 valence electrons. The zero-order chi connectivity index (χ0) is 17.1. The van der Waals surface area contributed by atoms with Crippen LogP contribution in [0.3, 0.4) is 0 Å². The molecule has 4 nitrogen and oxygen atoms in total. The van der Waals surface area contributed by atoms with Gasteiger partial charge in [0.15, 0.2) is 11.5 Å². The van der Waals surface area contributed by atoms with Crippen LogP contribution >= 0.6 is 11.6 Å². The molecule has 0 fully saturated rings. The molecule has 0 bridgehead atoms. The van der Waals surface area contributed by atoms with E-state index in [0.717, 1.165) is 11.1 Å². The number of carbonyl (C=O) groups is 2. The van der Waals surface area contributed by atoms with Crippen LogP contribution in [-0.2, 0) is 11.2 Å². The Balaban J connectivity index is 2.66. The van der Waals surface area contributed by atoms with Crippen molar-refractivity contribution in [3.63, 3.8) is 0 Å². The largest absolute Gasteiger partial charge is 0.464 e. The number of ketones is 1. The van der Waals surface area contributed by atoms with Crippen molar-refractivity contribution in [3.8, 4) is 0 Å². The molecule has 0 aliphatic rings. The molecule has 0 radical (unpaired) electrons. The van der Waals surface area contributed by atoms with E-state index < -0.39 is 5.97 Å². The Kier molecular flexibility index (Phi) is 5.16. The second kappa shape index (κ2) is 6.92. The number of Topliss-reactive ketones (excluding diaryl/α,β-unsaturated/α-hetero) is 1. The Labute approximate surface area is 140 Å². The summed E-state index contributed by atoms with van der Waals surface area (Å²) >= 11 is 6.28. The first-order chi connectivity index (χ1) is 10.9. The van der Waals surface area contributed by atoms with Crippen molar-refractivity contribution < 1.29 is 14.3 Å². The summed E-state index contributed by atoms with van der Waals surface area (Å²) < 4.78 is 4.82. The van der Waals surface area contributed by atoms with Crippen LogP contribution < -0.4 is 0 Å². The number of nitrogens with zero attached hydrogens (tertiary/aromatic N) is 1. The van der Waals surface area contributed by atoms with Crippen molar-refractivity contribution in [3.05, 3.63) is 62.9 Å². The molecular weight excluding hydrogens is 314 g/mol. The zero-order valence-electron chi connectivity index (χ0n) is 13.6. The molecule has 23 heavy (non-hydrogen) atoms. The summed E-state index contributed by atoms with van der Waals surface area (Å²) in [5, 5.41) is 0.286. The molecule has 0 atom stereocenters. The number of aromatic nitrogens is 1. The standard InChI is InChI=1S/C18H18ClNO3/c1-10-7-5-6-8-13(10)9-14-11(2)15(19)16(12(3)21)20-17(14)18(22)23-4/h5-8H,9H2,1-4H3. The molecule has 0 aliphatic carbocycles. The maximum atomic E-state index is 12.1. The molecule has 5 heteroatoms. The summed E-state index contributed by atoms with van der Waals surface area (Å²) in [6, 6.07) is 7.88. The van der Waals surface area contributed by atoms with Gasteiger partial charge in [0.25, 0.3) is 0 Å². The SMILES string of the molecule is COC(=O)c1nc(C(C)=O)c(Cl)c(C)c1Cc1ccccc1C. The number of benzene rings is 1. The average molecular weight is 332 g/mol. The number of hydrogen-bond donors (Lipinski definition) is 0. The normalized spacial score (nSPS) is 10.5. The van der Waals surface area contributed by atoms with E-state index in [4.69, 9.17) is 16.3 Å². The van der Waals surface area contributed by atoms with Crippen molar-refractivity contribution >= 4 is 23.4 Å². The van der Waals surface area contributed by atoms with Gasteiger partial charge in [-0.1, -0.05) is 35.9 Å². The van der Waals surface area contributed by atoms with Crippen molar-refractivity contribution in [2.45, 2.75) is 27.2 Å². The van der Waals surface area contributed by atoms with Crippen LogP contribution in [0.15, 0.2) is 24.3 Å². The van der Waals surface area contributed by atoms with Gasteiger partial charge in [-0.2, -0.15) is 0 Å². The molecule has 1 aromatic carbocycles. The molecule has 0 spiro atoms. The van der Waals surface area contributed by atoms with Gasteiger partial charge >= 0.3 is 5.97 Å². The lowest BCUT2D eigenvalue weighted by Crippen LogP contribution is -2.15. The van der Waals surface area contributed by atoms with E-state index in [1.807, 2.05) is 31.2 Å². The Bertz CT molecular complexity index is 784. The van der Waals surface area contributed by atoms with Gasteiger partial charge in [0, 0.05) is 13.3 Å². The molecule has 0 saturated heterocycles. The minimum Gasteiger partial charge on any atom is -0.464 e. The Morgan fingerprint density at radius 2 is 1.83 bits per heavy atom. The van der Waals surface area contributed by atoms with Crippen LogP contribution in [0.1, 0.15) is 50.2 Å². The average Bonchev–Trinajstić information content (AvgIpc) is 2.52. The van der Waals surface area contributed by atoms with Gasteiger partial charge in [0.1, 0.15) is 5.69 Å². The molecule has 0 aliphatic heterocycles. The van der Waals surface area contributed by atoms with E-state index in [-0.39, 0.29) is 22.2 Å². The van der Waals surface area contributed by atoms with Crippen molar-refractivity contribution in [2.24, 2.45) is 0 Å². The van der Waals surface area contributed by atoms with E-state index in [1.54, 1.807) is 6.92 Å². The number of pyridine rings is 1. The van der Waals surface area contributed by atoms with E-state index >= 15 is 0 Å². The number of ether oxygens (including phenoxy) is 1. The third-order valence-electron chi connectivity index (χ3n) is 3.84. The molecular formula is C18H18ClNO3. The number of hydrogen-bond acceptors (Lipinski definition) is 4. The fourth-order valence-electron chi connectivity index (χ4n) is 2.43. The fourth-order valence-corrected chi connectivity index (χ4v) is 2.72. The molecule has 0 N–H and O–H groups in total. The smallest absolute Gasteiger partial charge is 0.356 e. The second-order valence-electron chi connectivity index (χ2n) is 5.38. The van der Waals surface area contributed by atoms with Gasteiger partial charge in [-0.3, -0.25) is 4.79 Å². The lowest BCUT2D eigenvalue weighted by atomic mass is 9.95. The Hall–Kier alpha value is -2.20. The van der Waals surface area contributed by atoms with Crippen LogP contribution in [0.4, 0.5) is 0 Å². The van der Waals surface area contributed by atoms with E-state index in [2.05, 4.69) is 4.98 Å². The lowest BCUT2D eigenvalue weighted by Gasteiger charge is -2.15. The van der Waals surface area contributed by atoms with Gasteiger partial charge in [-0.05, 0) is 36.1 Å². The highest BCUT2D eigenvalue weighted by atomic mass is 35.5. The highest BCUT2D eigenvalue weighted by molar-refractivity contribution is 6.34. The number of halogens is 1. The summed E-state index contributed by atoms with van der Waals surface area (Å²) in [6.07, 6.45) is 0.494. The van der Waals surface area contributed by atoms with Gasteiger partial charge in [-0.15, -0.1) is 0 Å². The Morgan fingerprint density at radius 1 is 1.17 bits per heavy atom. The molecule has 2 aromatic rings. The Morgan fingerprint density at radius 3 is 2.39 bits per heavy atom. The molecule has 0 saturated carbocycles. The second-order valence-corrected chi connectivity index (χ2v) is 5.76. The molecule has 1 aromatic heterocycles. The molecule has 0 amide bonds. The van der Waals surface area contributed by atoms with E-state index in [9.17, 15) is 9.59 Å². The van der Waals surface area contributed by atoms with Gasteiger partial charge in [0.05, 0.1) is 12.1 Å². The predicted molar refractivity (Wildman–Crippen MR) is 89.3 cm³/mol. The van der Waals surface area contributed by atoms with Crippen molar-refractivity contribution in [1.82, 2.24) is 4.98 Å². The number of rotatable bonds is 4. The minimum atomic E-state index is -0.573. The molecule has 1 heterocycles. The number of aryl methyl sites for hydroxylation is 1. The summed E-state index contributed by atoms with van der Waals surface area (Å²) in [5.41, 5.74) is 3.77. The fraction of sp³-hybridized carbons (Fsp3) is 0.278. The highest BCUT2D eigenvalue weighted by Crippen LogP contribution is 2.28. The predicted octanol–water partition coefficient (Wildman–Crippen LogP) is 3.93. The van der Waals surface area contributed by atoms with Crippen molar-refractivity contribution in [2.75, 3.05) is 7.11 Å². The van der Waals surface area contributed by atoms with Gasteiger partial charge < -0.3 is 4.74 Å². The summed E-state index contributed by atoms with van der Waals surface area (Å²) in [7, 11) is 1.29. The van der Waals surface area contributed by atoms with Crippen LogP contribution in [0, 0.1) is 13.8 Å². The first-order valence-corrected chi connectivity index (χ1v) is 7.57. The van der Waals surface area contributed by atoms with Crippen LogP contribution in [0.5, 0.6) is 0 Å². The third kappa shape index (κ3) is 3.42. The summed E-state index contributed by atoms with van der Waals surface area (Å²) in [4.78, 5) is 28.0. The number of methoxy groups -OCH3 is 1.